The number of aromatic nitrogens is 1. The van der Waals surface area contributed by atoms with Crippen LogP contribution in [0.2, 0.25) is 5.02 Å². The molecule has 174 valence electrons. The molecule has 2 heterocycles. The summed E-state index contributed by atoms with van der Waals surface area (Å²) in [6.07, 6.45) is 5.12. The van der Waals surface area contributed by atoms with Crippen LogP contribution in [0.15, 0.2) is 24.4 Å². The molecule has 0 saturated heterocycles. The van der Waals surface area contributed by atoms with E-state index in [2.05, 4.69) is 41.7 Å². The number of carbonyl (C=O) groups excluding carboxylic acids is 2. The lowest BCUT2D eigenvalue weighted by Crippen LogP contribution is -2.47. The normalized spacial score (nSPS) is 15.7. The van der Waals surface area contributed by atoms with Crippen molar-refractivity contribution in [3.63, 3.8) is 0 Å². The minimum absolute atomic E-state index is 0.0182. The standard InChI is InChI=1S/C24H33ClN4O2S/c1-14-19(12-16(25)13-26-14)27-15(2)20-8-9-21(32-20)23(31)29-18(10-11-24(3,4)5)22(30)28-17-6-7-17/h8-9,12-13,15,17-18,27H,6-7,10-11H2,1-5H3,(H,28,30)(H,29,31)/t15-,18-/m0/s1. The number of hydrogen-bond donors (Lipinski definition) is 3. The minimum Gasteiger partial charge on any atom is -0.376 e. The highest BCUT2D eigenvalue weighted by molar-refractivity contribution is 7.14. The zero-order chi connectivity index (χ0) is 23.5. The zero-order valence-electron chi connectivity index (χ0n) is 19.4. The van der Waals surface area contributed by atoms with E-state index in [4.69, 9.17) is 11.6 Å². The molecule has 2 aromatic heterocycles. The van der Waals surface area contributed by atoms with Gasteiger partial charge in [0.1, 0.15) is 6.04 Å². The summed E-state index contributed by atoms with van der Waals surface area (Å²) in [5.74, 6) is -0.292. The van der Waals surface area contributed by atoms with Gasteiger partial charge in [0, 0.05) is 17.1 Å². The molecule has 1 fully saturated rings. The van der Waals surface area contributed by atoms with E-state index in [1.807, 2.05) is 32.0 Å². The molecular weight excluding hydrogens is 444 g/mol. The fourth-order valence-electron chi connectivity index (χ4n) is 3.27. The molecule has 3 rings (SSSR count). The first-order valence-electron chi connectivity index (χ1n) is 11.1. The number of thiophene rings is 1. The second-order valence-electron chi connectivity index (χ2n) is 9.76. The quantitative estimate of drug-likeness (QED) is 0.447. The number of rotatable bonds is 9. The van der Waals surface area contributed by atoms with Gasteiger partial charge in [0.05, 0.1) is 27.3 Å². The van der Waals surface area contributed by atoms with Crippen molar-refractivity contribution >= 4 is 40.4 Å². The molecule has 0 unspecified atom stereocenters. The number of nitrogens with zero attached hydrogens (tertiary/aromatic N) is 1. The summed E-state index contributed by atoms with van der Waals surface area (Å²) in [6.45, 7) is 10.4. The van der Waals surface area contributed by atoms with Crippen LogP contribution in [0.5, 0.6) is 0 Å². The van der Waals surface area contributed by atoms with E-state index < -0.39 is 6.04 Å². The van der Waals surface area contributed by atoms with Crippen LogP contribution < -0.4 is 16.0 Å². The number of hydrogen-bond acceptors (Lipinski definition) is 5. The number of anilines is 1. The summed E-state index contributed by atoms with van der Waals surface area (Å²) < 4.78 is 0. The van der Waals surface area contributed by atoms with Gasteiger partial charge in [0.25, 0.3) is 5.91 Å². The third kappa shape index (κ3) is 7.20. The molecule has 1 aliphatic rings. The van der Waals surface area contributed by atoms with Crippen molar-refractivity contribution in [2.24, 2.45) is 5.41 Å². The van der Waals surface area contributed by atoms with Crippen molar-refractivity contribution < 1.29 is 9.59 Å². The van der Waals surface area contributed by atoms with Gasteiger partial charge in [-0.3, -0.25) is 14.6 Å². The Bertz CT molecular complexity index is 965. The summed E-state index contributed by atoms with van der Waals surface area (Å²) in [5, 5.41) is 9.98. The van der Waals surface area contributed by atoms with Gasteiger partial charge in [-0.15, -0.1) is 11.3 Å². The van der Waals surface area contributed by atoms with Crippen molar-refractivity contribution in [2.75, 3.05) is 5.32 Å². The van der Waals surface area contributed by atoms with E-state index in [0.29, 0.717) is 16.3 Å². The highest BCUT2D eigenvalue weighted by Crippen LogP contribution is 2.29. The molecule has 1 aliphatic carbocycles. The predicted octanol–water partition coefficient (Wildman–Crippen LogP) is 5.48. The van der Waals surface area contributed by atoms with Crippen LogP contribution in [0.25, 0.3) is 0 Å². The van der Waals surface area contributed by atoms with Crippen molar-refractivity contribution in [3.05, 3.63) is 44.9 Å². The topological polar surface area (TPSA) is 83.1 Å². The molecule has 0 aliphatic heterocycles. The average molecular weight is 477 g/mol. The molecule has 32 heavy (non-hydrogen) atoms. The van der Waals surface area contributed by atoms with Gasteiger partial charge in [-0.1, -0.05) is 32.4 Å². The molecule has 0 radical (unpaired) electrons. The summed E-state index contributed by atoms with van der Waals surface area (Å²) in [7, 11) is 0. The van der Waals surface area contributed by atoms with Crippen LogP contribution in [-0.2, 0) is 4.79 Å². The van der Waals surface area contributed by atoms with Crippen molar-refractivity contribution in [3.8, 4) is 0 Å². The second-order valence-corrected chi connectivity index (χ2v) is 11.3. The van der Waals surface area contributed by atoms with E-state index in [1.54, 1.807) is 6.20 Å². The Morgan fingerprint density at radius 2 is 2.00 bits per heavy atom. The lowest BCUT2D eigenvalue weighted by atomic mass is 9.88. The summed E-state index contributed by atoms with van der Waals surface area (Å²) >= 11 is 7.49. The first-order valence-corrected chi connectivity index (χ1v) is 12.3. The summed E-state index contributed by atoms with van der Waals surface area (Å²) in [6, 6.07) is 5.33. The summed E-state index contributed by atoms with van der Waals surface area (Å²) in [4.78, 5) is 31.5. The molecule has 2 atom stereocenters. The highest BCUT2D eigenvalue weighted by atomic mass is 35.5. The number of amides is 2. The van der Waals surface area contributed by atoms with Crippen LogP contribution in [0.3, 0.4) is 0 Å². The molecule has 0 aromatic carbocycles. The molecular formula is C24H33ClN4O2S. The maximum absolute atomic E-state index is 12.9. The van der Waals surface area contributed by atoms with Crippen molar-refractivity contribution in [1.82, 2.24) is 15.6 Å². The van der Waals surface area contributed by atoms with Crippen LogP contribution >= 0.6 is 22.9 Å². The Morgan fingerprint density at radius 1 is 1.28 bits per heavy atom. The molecule has 8 heteroatoms. The third-order valence-electron chi connectivity index (χ3n) is 5.43. The fourth-order valence-corrected chi connectivity index (χ4v) is 4.34. The van der Waals surface area contributed by atoms with Gasteiger partial charge < -0.3 is 16.0 Å². The minimum atomic E-state index is -0.524. The van der Waals surface area contributed by atoms with Crippen molar-refractivity contribution in [1.29, 1.82) is 0 Å². The number of halogens is 1. The SMILES string of the molecule is Cc1ncc(Cl)cc1N[C@@H](C)c1ccc(C(=O)N[C@@H](CCC(C)(C)C)C(=O)NC2CC2)s1. The van der Waals surface area contributed by atoms with E-state index >= 15 is 0 Å². The molecule has 3 N–H and O–H groups in total. The lowest BCUT2D eigenvalue weighted by Gasteiger charge is -2.23. The maximum Gasteiger partial charge on any atom is 0.262 e. The van der Waals surface area contributed by atoms with E-state index in [9.17, 15) is 9.59 Å². The van der Waals surface area contributed by atoms with E-state index in [-0.39, 0.29) is 29.3 Å². The zero-order valence-corrected chi connectivity index (χ0v) is 21.0. The third-order valence-corrected chi connectivity index (χ3v) is 6.90. The molecule has 2 aromatic rings. The van der Waals surface area contributed by atoms with Gasteiger partial charge in [-0.2, -0.15) is 0 Å². The Labute approximate surface area is 199 Å². The van der Waals surface area contributed by atoms with Gasteiger partial charge in [0.2, 0.25) is 5.91 Å². The van der Waals surface area contributed by atoms with Gasteiger partial charge in [-0.25, -0.2) is 0 Å². The molecule has 1 saturated carbocycles. The largest absolute Gasteiger partial charge is 0.376 e. The fraction of sp³-hybridized carbons (Fsp3) is 0.542. The first kappa shape index (κ1) is 24.5. The van der Waals surface area contributed by atoms with Crippen LogP contribution in [0, 0.1) is 12.3 Å². The summed E-state index contributed by atoms with van der Waals surface area (Å²) in [5.41, 5.74) is 1.82. The smallest absolute Gasteiger partial charge is 0.262 e. The highest BCUT2D eigenvalue weighted by Gasteiger charge is 2.29. The van der Waals surface area contributed by atoms with Gasteiger partial charge in [-0.05, 0) is 63.1 Å². The van der Waals surface area contributed by atoms with Gasteiger partial charge >= 0.3 is 0 Å². The number of pyridine rings is 1. The van der Waals surface area contributed by atoms with E-state index in [0.717, 1.165) is 35.5 Å². The number of aryl methyl sites for hydroxylation is 1. The number of nitrogens with one attached hydrogen (secondary N) is 3. The van der Waals surface area contributed by atoms with E-state index in [1.165, 1.54) is 11.3 Å². The average Bonchev–Trinajstić information content (AvgIpc) is 3.37. The predicted molar refractivity (Wildman–Crippen MR) is 131 cm³/mol. The number of carbonyl (C=O) groups is 2. The Balaban J connectivity index is 1.65. The molecule has 2 amide bonds. The molecule has 6 nitrogen and oxygen atoms in total. The Kier molecular flexibility index (Phi) is 7.83. The van der Waals surface area contributed by atoms with Gasteiger partial charge in [0.15, 0.2) is 0 Å². The first-order chi connectivity index (χ1) is 15.0. The second kappa shape index (κ2) is 10.2. The Morgan fingerprint density at radius 3 is 2.66 bits per heavy atom. The monoisotopic (exact) mass is 476 g/mol. The van der Waals surface area contributed by atoms with Crippen LogP contribution in [0.1, 0.15) is 79.7 Å². The van der Waals surface area contributed by atoms with Crippen LogP contribution in [-0.4, -0.2) is 28.9 Å². The van der Waals surface area contributed by atoms with Crippen molar-refractivity contribution in [2.45, 2.75) is 78.4 Å². The Hall–Kier alpha value is -2.12. The van der Waals surface area contributed by atoms with Crippen LogP contribution in [0.4, 0.5) is 5.69 Å². The maximum atomic E-state index is 12.9. The molecule has 0 spiro atoms. The molecule has 0 bridgehead atoms. The lowest BCUT2D eigenvalue weighted by molar-refractivity contribution is -0.123.